The summed E-state index contributed by atoms with van der Waals surface area (Å²) in [4.78, 5) is 0. The number of hydrogen-bond donors (Lipinski definition) is 0. The molecule has 0 N–H and O–H groups in total. The van der Waals surface area contributed by atoms with Gasteiger partial charge in [-0.3, -0.25) is 0 Å². The van der Waals surface area contributed by atoms with E-state index in [1.807, 2.05) is 0 Å². The Morgan fingerprint density at radius 3 is 2.33 bits per heavy atom. The van der Waals surface area contributed by atoms with Gasteiger partial charge in [0.05, 0.1) is 0 Å². The van der Waals surface area contributed by atoms with Gasteiger partial charge in [-0.05, 0) is 89.9 Å². The van der Waals surface area contributed by atoms with Crippen LogP contribution in [0.5, 0.6) is 0 Å². The average Bonchev–Trinajstić information content (AvgIpc) is 3.44. The summed E-state index contributed by atoms with van der Waals surface area (Å²) in [5.74, 6) is 0.427. The van der Waals surface area contributed by atoms with E-state index in [0.29, 0.717) is 5.92 Å². The van der Waals surface area contributed by atoms with Gasteiger partial charge in [0.2, 0.25) is 0 Å². The van der Waals surface area contributed by atoms with Gasteiger partial charge in [0.1, 0.15) is 0 Å². The van der Waals surface area contributed by atoms with Gasteiger partial charge in [0.15, 0.2) is 0 Å². The van der Waals surface area contributed by atoms with Crippen molar-refractivity contribution in [3.05, 3.63) is 152 Å². The summed E-state index contributed by atoms with van der Waals surface area (Å²) in [6.07, 6.45) is 10.0. The Bertz CT molecular complexity index is 1990. The SMILES string of the molecule is C1=CCc2ccc3c(c2=C1)=c1ccccc1=C3CCC1c2ccccc2-c2c1ccc1ccccc21.[Cl-].[Cl-].[Zr+2]. The fourth-order valence-electron chi connectivity index (χ4n) is 6.99. The van der Waals surface area contributed by atoms with E-state index in [1.165, 1.54) is 70.6 Å². The summed E-state index contributed by atoms with van der Waals surface area (Å²) in [7, 11) is 0. The summed E-state index contributed by atoms with van der Waals surface area (Å²) in [6.45, 7) is 0. The Morgan fingerprint density at radius 1 is 0.667 bits per heavy atom. The first-order chi connectivity index (χ1) is 17.9. The largest absolute Gasteiger partial charge is 2.00 e. The number of fused-ring (bicyclic) bond motifs is 9. The third-order valence-electron chi connectivity index (χ3n) is 8.54. The maximum atomic E-state index is 2.39. The summed E-state index contributed by atoms with van der Waals surface area (Å²) in [5, 5.41) is 8.40. The van der Waals surface area contributed by atoms with Crippen molar-refractivity contribution in [2.75, 3.05) is 0 Å². The number of allylic oxidation sites excluding steroid dienone is 2. The van der Waals surface area contributed by atoms with Crippen molar-refractivity contribution in [2.24, 2.45) is 0 Å². The van der Waals surface area contributed by atoms with E-state index < -0.39 is 0 Å². The normalized spacial score (nSPS) is 15.0. The van der Waals surface area contributed by atoms with Gasteiger partial charge in [-0.2, -0.15) is 0 Å². The zero-order valence-electron chi connectivity index (χ0n) is 21.4. The minimum Gasteiger partial charge on any atom is -1.00 e. The number of hydrogen-bond acceptors (Lipinski definition) is 0. The van der Waals surface area contributed by atoms with Crippen molar-refractivity contribution >= 4 is 22.4 Å². The Hall–Kier alpha value is -2.70. The molecule has 0 bridgehead atoms. The van der Waals surface area contributed by atoms with Crippen LogP contribution in [0, 0.1) is 10.4 Å². The fourth-order valence-corrected chi connectivity index (χ4v) is 6.99. The van der Waals surface area contributed by atoms with Crippen molar-refractivity contribution in [1.82, 2.24) is 0 Å². The Morgan fingerprint density at radius 2 is 1.44 bits per heavy atom. The number of benzene rings is 5. The third-order valence-corrected chi connectivity index (χ3v) is 8.54. The molecular formula is C36H26Cl2Zr. The molecule has 8 rings (SSSR count). The monoisotopic (exact) mass is 618 g/mol. The smallest absolute Gasteiger partial charge is 1.00 e. The molecule has 5 aromatic rings. The third kappa shape index (κ3) is 4.22. The van der Waals surface area contributed by atoms with Crippen LogP contribution < -0.4 is 35.3 Å². The molecule has 0 fully saturated rings. The van der Waals surface area contributed by atoms with E-state index in [9.17, 15) is 0 Å². The topological polar surface area (TPSA) is 0 Å². The van der Waals surface area contributed by atoms with E-state index in [-0.39, 0.29) is 51.0 Å². The minimum absolute atomic E-state index is 0. The van der Waals surface area contributed by atoms with Crippen molar-refractivity contribution in [2.45, 2.75) is 25.2 Å². The van der Waals surface area contributed by atoms with Crippen LogP contribution in [0.25, 0.3) is 33.5 Å². The molecule has 0 aromatic heterocycles. The molecule has 0 radical (unpaired) electrons. The second-order valence-electron chi connectivity index (χ2n) is 10.3. The maximum Gasteiger partial charge on any atom is 2.00 e. The van der Waals surface area contributed by atoms with E-state index in [4.69, 9.17) is 0 Å². The summed E-state index contributed by atoms with van der Waals surface area (Å²) < 4.78 is 0. The van der Waals surface area contributed by atoms with Crippen LogP contribution in [-0.2, 0) is 32.6 Å². The minimum atomic E-state index is 0. The Labute approximate surface area is 260 Å². The number of halogens is 2. The van der Waals surface area contributed by atoms with Crippen molar-refractivity contribution in [3.8, 4) is 11.1 Å². The molecule has 5 aromatic carbocycles. The molecule has 1 unspecified atom stereocenters. The molecule has 3 aliphatic rings. The quantitative estimate of drug-likeness (QED) is 0.284. The maximum absolute atomic E-state index is 2.39. The van der Waals surface area contributed by atoms with Crippen LogP contribution in [0.1, 0.15) is 41.0 Å². The van der Waals surface area contributed by atoms with E-state index >= 15 is 0 Å². The van der Waals surface area contributed by atoms with E-state index in [2.05, 4.69) is 115 Å². The Balaban J connectivity index is 0.00000103. The van der Waals surface area contributed by atoms with Crippen LogP contribution in [-0.4, -0.2) is 0 Å². The first kappa shape index (κ1) is 27.9. The second-order valence-corrected chi connectivity index (χ2v) is 10.3. The van der Waals surface area contributed by atoms with Crippen LogP contribution in [0.15, 0.2) is 109 Å². The molecule has 0 saturated carbocycles. The molecule has 0 heterocycles. The van der Waals surface area contributed by atoms with Crippen LogP contribution in [0.3, 0.4) is 0 Å². The molecule has 3 aliphatic carbocycles. The summed E-state index contributed by atoms with van der Waals surface area (Å²) in [6, 6.07) is 36.4. The molecular weight excluding hydrogens is 595 g/mol. The second kappa shape index (κ2) is 11.1. The van der Waals surface area contributed by atoms with E-state index in [0.717, 1.165) is 19.3 Å². The molecule has 0 amide bonds. The fraction of sp³-hybridized carbons (Fsp3) is 0.111. The summed E-state index contributed by atoms with van der Waals surface area (Å²) >= 11 is 0. The molecule has 1 atom stereocenters. The van der Waals surface area contributed by atoms with Crippen molar-refractivity contribution < 1.29 is 51.0 Å². The molecule has 0 aliphatic heterocycles. The van der Waals surface area contributed by atoms with Crippen molar-refractivity contribution in [3.63, 3.8) is 0 Å². The molecule has 0 nitrogen and oxygen atoms in total. The van der Waals surface area contributed by atoms with Gasteiger partial charge < -0.3 is 24.8 Å². The van der Waals surface area contributed by atoms with E-state index in [1.54, 1.807) is 0 Å². The van der Waals surface area contributed by atoms with Gasteiger partial charge in [-0.25, -0.2) is 0 Å². The zero-order chi connectivity index (χ0) is 23.6. The van der Waals surface area contributed by atoms with Gasteiger partial charge in [0.25, 0.3) is 0 Å². The van der Waals surface area contributed by atoms with Crippen molar-refractivity contribution in [1.29, 1.82) is 0 Å². The Kier molecular flexibility index (Phi) is 7.89. The molecule has 3 heteroatoms. The molecule has 0 saturated heterocycles. The first-order valence-corrected chi connectivity index (χ1v) is 13.1. The van der Waals surface area contributed by atoms with Gasteiger partial charge in [0, 0.05) is 5.92 Å². The van der Waals surface area contributed by atoms with Gasteiger partial charge >= 0.3 is 26.2 Å². The molecule has 39 heavy (non-hydrogen) atoms. The average molecular weight is 621 g/mol. The summed E-state index contributed by atoms with van der Waals surface area (Å²) in [5.41, 5.74) is 10.2. The van der Waals surface area contributed by atoms with Gasteiger partial charge in [-0.15, -0.1) is 0 Å². The first-order valence-electron chi connectivity index (χ1n) is 13.1. The standard InChI is InChI=1S/C36H26.2ClH.Zr/c1-3-11-25-23(9-1)17-19-33-29(27-13-5-7-15-31(27)35(25)33)21-22-30-28-14-6-8-16-32(28)36-26-12-4-2-10-24(26)18-20-34(30)36;;;/h1-9,11-20,29H,10,21-22H2;2*1H;/q;;;+2/p-2. The molecule has 0 spiro atoms. The number of rotatable bonds is 3. The van der Waals surface area contributed by atoms with Crippen LogP contribution in [0.2, 0.25) is 0 Å². The predicted octanol–water partition coefficient (Wildman–Crippen LogP) is 1.13. The zero-order valence-corrected chi connectivity index (χ0v) is 25.4. The molecule has 188 valence electrons. The predicted molar refractivity (Wildman–Crippen MR) is 150 cm³/mol. The van der Waals surface area contributed by atoms with Crippen LogP contribution >= 0.6 is 0 Å². The van der Waals surface area contributed by atoms with Crippen LogP contribution in [0.4, 0.5) is 0 Å². The van der Waals surface area contributed by atoms with Gasteiger partial charge in [-0.1, -0.05) is 115 Å².